The lowest BCUT2D eigenvalue weighted by molar-refractivity contribution is 0.885. The molecule has 0 amide bonds. The molecule has 0 aliphatic heterocycles. The lowest BCUT2D eigenvalue weighted by Crippen LogP contribution is -2.07. The van der Waals surface area contributed by atoms with E-state index in [1.807, 2.05) is 36.4 Å². The second-order valence-corrected chi connectivity index (χ2v) is 6.23. The van der Waals surface area contributed by atoms with Gasteiger partial charge < -0.3 is 5.32 Å². The fourth-order valence-corrected chi connectivity index (χ4v) is 2.80. The number of hydrogen-bond donors (Lipinski definition) is 1. The molecule has 2 aromatic carbocycles. The van der Waals surface area contributed by atoms with Crippen LogP contribution in [0.3, 0.4) is 0 Å². The van der Waals surface area contributed by atoms with E-state index in [2.05, 4.69) is 45.3 Å². The molecule has 1 heterocycles. The van der Waals surface area contributed by atoms with Crippen molar-refractivity contribution in [3.63, 3.8) is 0 Å². The zero-order valence-corrected chi connectivity index (χ0v) is 13.8. The Kier molecular flexibility index (Phi) is 4.13. The monoisotopic (exact) mass is 360 g/mol. The third-order valence-corrected chi connectivity index (χ3v) is 4.32. The largest absolute Gasteiger partial charge is 0.377 e. The Morgan fingerprint density at radius 3 is 2.62 bits per heavy atom. The summed E-state index contributed by atoms with van der Waals surface area (Å²) in [5.41, 5.74) is 3.11. The second kappa shape index (κ2) is 6.04. The van der Waals surface area contributed by atoms with E-state index in [9.17, 15) is 0 Å². The van der Waals surface area contributed by atoms with E-state index in [0.29, 0.717) is 0 Å². The van der Waals surface area contributed by atoms with Crippen LogP contribution in [-0.4, -0.2) is 4.98 Å². The molecule has 2 nitrogen and oxygen atoms in total. The van der Waals surface area contributed by atoms with Crippen LogP contribution in [0.2, 0.25) is 5.02 Å². The predicted molar refractivity (Wildman–Crippen MR) is 92.9 cm³/mol. The Labute approximate surface area is 137 Å². The number of pyridine rings is 1. The molecular formula is C17H14BrClN2. The molecule has 1 unspecified atom stereocenters. The van der Waals surface area contributed by atoms with Gasteiger partial charge in [-0.2, -0.15) is 0 Å². The standard InChI is InChI=1S/C17H14BrClN2/c1-11(12-4-6-13(18)7-5-12)21-16-9-8-15(19)14-3-2-10-20-17(14)16/h2-11,21H,1H3. The maximum atomic E-state index is 6.23. The number of rotatable bonds is 3. The quantitative estimate of drug-likeness (QED) is 0.635. The maximum Gasteiger partial charge on any atom is 0.0948 e. The topological polar surface area (TPSA) is 24.9 Å². The molecule has 0 fully saturated rings. The SMILES string of the molecule is CC(Nc1ccc(Cl)c2cccnc12)c1ccc(Br)cc1. The molecular weight excluding hydrogens is 348 g/mol. The molecule has 0 aliphatic rings. The van der Waals surface area contributed by atoms with Gasteiger partial charge in [-0.3, -0.25) is 4.98 Å². The number of hydrogen-bond acceptors (Lipinski definition) is 2. The molecule has 3 aromatic rings. The first-order valence-corrected chi connectivity index (χ1v) is 7.87. The highest BCUT2D eigenvalue weighted by atomic mass is 79.9. The highest BCUT2D eigenvalue weighted by Crippen LogP contribution is 2.30. The minimum Gasteiger partial charge on any atom is -0.377 e. The number of benzene rings is 2. The molecule has 21 heavy (non-hydrogen) atoms. The molecule has 1 atom stereocenters. The molecule has 0 aliphatic carbocycles. The van der Waals surface area contributed by atoms with Gasteiger partial charge in [0, 0.05) is 22.1 Å². The first kappa shape index (κ1) is 14.4. The van der Waals surface area contributed by atoms with Crippen LogP contribution < -0.4 is 5.32 Å². The Hall–Kier alpha value is -1.58. The minimum atomic E-state index is 0.185. The van der Waals surface area contributed by atoms with E-state index in [-0.39, 0.29) is 6.04 Å². The number of nitrogens with one attached hydrogen (secondary N) is 1. The van der Waals surface area contributed by atoms with Crippen molar-refractivity contribution in [1.82, 2.24) is 4.98 Å². The van der Waals surface area contributed by atoms with Crippen molar-refractivity contribution in [3.8, 4) is 0 Å². The molecule has 1 aromatic heterocycles. The summed E-state index contributed by atoms with van der Waals surface area (Å²) in [5.74, 6) is 0. The minimum absolute atomic E-state index is 0.185. The zero-order valence-electron chi connectivity index (χ0n) is 11.5. The molecule has 0 spiro atoms. The number of anilines is 1. The van der Waals surface area contributed by atoms with Crippen LogP contribution in [0.25, 0.3) is 10.9 Å². The van der Waals surface area contributed by atoms with Gasteiger partial charge >= 0.3 is 0 Å². The van der Waals surface area contributed by atoms with Crippen molar-refractivity contribution in [2.24, 2.45) is 0 Å². The second-order valence-electron chi connectivity index (χ2n) is 4.91. The van der Waals surface area contributed by atoms with E-state index in [0.717, 1.165) is 26.1 Å². The van der Waals surface area contributed by atoms with Gasteiger partial charge in [-0.15, -0.1) is 0 Å². The summed E-state index contributed by atoms with van der Waals surface area (Å²) in [4.78, 5) is 4.45. The van der Waals surface area contributed by atoms with Crippen LogP contribution in [0.4, 0.5) is 5.69 Å². The van der Waals surface area contributed by atoms with E-state index in [1.54, 1.807) is 6.20 Å². The van der Waals surface area contributed by atoms with Gasteiger partial charge in [-0.25, -0.2) is 0 Å². The molecule has 106 valence electrons. The highest BCUT2D eigenvalue weighted by molar-refractivity contribution is 9.10. The van der Waals surface area contributed by atoms with Crippen molar-refractivity contribution < 1.29 is 0 Å². The Morgan fingerprint density at radius 1 is 1.10 bits per heavy atom. The Morgan fingerprint density at radius 2 is 1.86 bits per heavy atom. The van der Waals surface area contributed by atoms with Crippen molar-refractivity contribution in [2.45, 2.75) is 13.0 Å². The maximum absolute atomic E-state index is 6.23. The number of nitrogens with zero attached hydrogens (tertiary/aromatic N) is 1. The van der Waals surface area contributed by atoms with E-state index in [1.165, 1.54) is 5.56 Å². The van der Waals surface area contributed by atoms with Gasteiger partial charge in [-0.1, -0.05) is 39.7 Å². The predicted octanol–water partition coefficient (Wildman–Crippen LogP) is 5.82. The summed E-state index contributed by atoms with van der Waals surface area (Å²) in [6, 6.07) is 16.3. The van der Waals surface area contributed by atoms with Gasteiger partial charge in [0.05, 0.1) is 16.2 Å². The van der Waals surface area contributed by atoms with Gasteiger partial charge in [0.2, 0.25) is 0 Å². The normalized spacial score (nSPS) is 12.3. The lowest BCUT2D eigenvalue weighted by Gasteiger charge is -2.17. The summed E-state index contributed by atoms with van der Waals surface area (Å²) in [6.45, 7) is 2.13. The number of halogens is 2. The van der Waals surface area contributed by atoms with Crippen molar-refractivity contribution in [2.75, 3.05) is 5.32 Å². The van der Waals surface area contributed by atoms with E-state index >= 15 is 0 Å². The van der Waals surface area contributed by atoms with Crippen molar-refractivity contribution in [1.29, 1.82) is 0 Å². The molecule has 0 bridgehead atoms. The summed E-state index contributed by atoms with van der Waals surface area (Å²) < 4.78 is 1.08. The number of aromatic nitrogens is 1. The first-order valence-electron chi connectivity index (χ1n) is 6.70. The lowest BCUT2D eigenvalue weighted by atomic mass is 10.1. The summed E-state index contributed by atoms with van der Waals surface area (Å²) >= 11 is 9.68. The Bertz CT molecular complexity index is 771. The summed E-state index contributed by atoms with van der Waals surface area (Å²) in [5, 5.41) is 5.20. The zero-order chi connectivity index (χ0) is 14.8. The van der Waals surface area contributed by atoms with Gasteiger partial charge in [-0.05, 0) is 48.9 Å². The van der Waals surface area contributed by atoms with Crippen molar-refractivity contribution in [3.05, 3.63) is 69.8 Å². The molecule has 0 saturated heterocycles. The van der Waals surface area contributed by atoms with Gasteiger partial charge in [0.25, 0.3) is 0 Å². The third-order valence-electron chi connectivity index (χ3n) is 3.46. The molecule has 4 heteroatoms. The molecule has 3 rings (SSSR count). The van der Waals surface area contributed by atoms with Gasteiger partial charge in [0.15, 0.2) is 0 Å². The fraction of sp³-hybridized carbons (Fsp3) is 0.118. The third kappa shape index (κ3) is 3.04. The highest BCUT2D eigenvalue weighted by Gasteiger charge is 2.10. The average molecular weight is 362 g/mol. The molecule has 0 radical (unpaired) electrons. The van der Waals surface area contributed by atoms with Crippen LogP contribution in [0.15, 0.2) is 59.2 Å². The smallest absolute Gasteiger partial charge is 0.0948 e. The fourth-order valence-electron chi connectivity index (χ4n) is 2.32. The van der Waals surface area contributed by atoms with Crippen molar-refractivity contribution >= 4 is 44.1 Å². The molecule has 1 N–H and O–H groups in total. The van der Waals surface area contributed by atoms with Crippen LogP contribution in [-0.2, 0) is 0 Å². The van der Waals surface area contributed by atoms with Crippen LogP contribution >= 0.6 is 27.5 Å². The van der Waals surface area contributed by atoms with Crippen LogP contribution in [0.5, 0.6) is 0 Å². The molecule has 0 saturated carbocycles. The van der Waals surface area contributed by atoms with Crippen LogP contribution in [0, 0.1) is 0 Å². The summed E-state index contributed by atoms with van der Waals surface area (Å²) in [7, 11) is 0. The van der Waals surface area contributed by atoms with Crippen LogP contribution in [0.1, 0.15) is 18.5 Å². The summed E-state index contributed by atoms with van der Waals surface area (Å²) in [6.07, 6.45) is 1.79. The Balaban J connectivity index is 1.95. The average Bonchev–Trinajstić information content (AvgIpc) is 2.51. The number of fused-ring (bicyclic) bond motifs is 1. The van der Waals surface area contributed by atoms with Gasteiger partial charge in [0.1, 0.15) is 0 Å². The first-order chi connectivity index (χ1) is 10.1. The van der Waals surface area contributed by atoms with E-state index < -0.39 is 0 Å². The van der Waals surface area contributed by atoms with E-state index in [4.69, 9.17) is 11.6 Å².